The third-order valence-corrected chi connectivity index (χ3v) is 2.92. The lowest BCUT2D eigenvalue weighted by Crippen LogP contribution is -2.39. The second-order valence-electron chi connectivity index (χ2n) is 5.48. The Hall–Kier alpha value is -1.17. The number of rotatable bonds is 9. The van der Waals surface area contributed by atoms with Gasteiger partial charge in [-0.05, 0) is 26.8 Å². The molecule has 0 fully saturated rings. The van der Waals surface area contributed by atoms with Crippen LogP contribution in [0.5, 0.6) is 0 Å². The van der Waals surface area contributed by atoms with Crippen molar-refractivity contribution in [1.82, 2.24) is 10.3 Å². The molecule has 1 aromatic rings. The van der Waals surface area contributed by atoms with Crippen LogP contribution in [0.2, 0.25) is 0 Å². The molecule has 114 valence electrons. The van der Waals surface area contributed by atoms with Crippen LogP contribution in [0.15, 0.2) is 18.3 Å². The van der Waals surface area contributed by atoms with E-state index in [1.54, 1.807) is 13.3 Å². The molecule has 0 bridgehead atoms. The number of anilines is 1. The maximum atomic E-state index is 10.0. The van der Waals surface area contributed by atoms with Gasteiger partial charge in [0.25, 0.3) is 0 Å². The molecule has 0 aliphatic heterocycles. The van der Waals surface area contributed by atoms with Gasteiger partial charge in [0.05, 0.1) is 12.2 Å². The van der Waals surface area contributed by atoms with Crippen molar-refractivity contribution in [3.63, 3.8) is 0 Å². The first kappa shape index (κ1) is 16.9. The van der Waals surface area contributed by atoms with Crippen LogP contribution >= 0.6 is 0 Å². The van der Waals surface area contributed by atoms with E-state index >= 15 is 0 Å². The van der Waals surface area contributed by atoms with Gasteiger partial charge < -0.3 is 20.1 Å². The van der Waals surface area contributed by atoms with Crippen LogP contribution in [0.1, 0.15) is 26.3 Å². The zero-order valence-corrected chi connectivity index (χ0v) is 13.0. The van der Waals surface area contributed by atoms with Gasteiger partial charge in [0.2, 0.25) is 0 Å². The molecular formula is C15H27N3O2. The first-order valence-electron chi connectivity index (χ1n) is 7.09. The maximum Gasteiger partial charge on any atom is 0.133 e. The Morgan fingerprint density at radius 1 is 1.45 bits per heavy atom. The average Bonchev–Trinajstić information content (AvgIpc) is 2.40. The summed E-state index contributed by atoms with van der Waals surface area (Å²) in [4.78, 5) is 6.58. The van der Waals surface area contributed by atoms with E-state index in [-0.39, 0.29) is 0 Å². The second-order valence-corrected chi connectivity index (χ2v) is 5.48. The van der Waals surface area contributed by atoms with E-state index in [9.17, 15) is 5.11 Å². The number of pyridine rings is 1. The highest BCUT2D eigenvalue weighted by atomic mass is 16.5. The van der Waals surface area contributed by atoms with E-state index in [0.717, 1.165) is 31.0 Å². The Bertz CT molecular complexity index is 391. The van der Waals surface area contributed by atoms with Crippen molar-refractivity contribution in [2.24, 2.45) is 0 Å². The summed E-state index contributed by atoms with van der Waals surface area (Å²) in [5, 5.41) is 13.3. The van der Waals surface area contributed by atoms with Crippen LogP contribution < -0.4 is 10.2 Å². The van der Waals surface area contributed by atoms with Crippen molar-refractivity contribution in [3.05, 3.63) is 23.9 Å². The first-order chi connectivity index (χ1) is 9.48. The molecule has 0 spiro atoms. The minimum absolute atomic E-state index is 0.561. The molecule has 0 aliphatic rings. The third kappa shape index (κ3) is 5.86. The highest BCUT2D eigenvalue weighted by molar-refractivity contribution is 5.47. The lowest BCUT2D eigenvalue weighted by Gasteiger charge is -2.30. The highest BCUT2D eigenvalue weighted by Crippen LogP contribution is 2.19. The summed E-state index contributed by atoms with van der Waals surface area (Å²) >= 11 is 0. The third-order valence-electron chi connectivity index (χ3n) is 2.92. The van der Waals surface area contributed by atoms with Crippen LogP contribution in [0.25, 0.3) is 0 Å². The van der Waals surface area contributed by atoms with Crippen LogP contribution in [0.3, 0.4) is 0 Å². The maximum absolute atomic E-state index is 10.0. The average molecular weight is 281 g/mol. The minimum Gasteiger partial charge on any atom is -0.389 e. The van der Waals surface area contributed by atoms with E-state index in [4.69, 9.17) is 4.74 Å². The van der Waals surface area contributed by atoms with Crippen LogP contribution in [0.4, 0.5) is 5.82 Å². The van der Waals surface area contributed by atoms with Gasteiger partial charge in [-0.25, -0.2) is 4.98 Å². The van der Waals surface area contributed by atoms with Crippen molar-refractivity contribution >= 4 is 5.82 Å². The van der Waals surface area contributed by atoms with E-state index in [2.05, 4.69) is 28.2 Å². The van der Waals surface area contributed by atoms with Gasteiger partial charge in [0.15, 0.2) is 0 Å². The summed E-state index contributed by atoms with van der Waals surface area (Å²) < 4.78 is 5.02. The minimum atomic E-state index is -0.742. The molecule has 0 radical (unpaired) electrons. The monoisotopic (exact) mass is 281 g/mol. The topological polar surface area (TPSA) is 57.6 Å². The van der Waals surface area contributed by atoms with Crippen molar-refractivity contribution in [2.45, 2.75) is 32.9 Å². The van der Waals surface area contributed by atoms with Gasteiger partial charge in [-0.3, -0.25) is 0 Å². The Morgan fingerprint density at radius 3 is 2.80 bits per heavy atom. The van der Waals surface area contributed by atoms with Crippen LogP contribution in [-0.4, -0.2) is 49.0 Å². The summed E-state index contributed by atoms with van der Waals surface area (Å²) in [6.07, 6.45) is 1.79. The molecule has 1 aromatic heterocycles. The van der Waals surface area contributed by atoms with Gasteiger partial charge >= 0.3 is 0 Å². The molecule has 0 aliphatic carbocycles. The molecule has 2 N–H and O–H groups in total. The molecule has 1 heterocycles. The van der Waals surface area contributed by atoms with Gasteiger partial charge in [-0.1, -0.05) is 6.07 Å². The fourth-order valence-corrected chi connectivity index (χ4v) is 2.05. The quantitative estimate of drug-likeness (QED) is 0.670. The smallest absolute Gasteiger partial charge is 0.133 e. The molecule has 0 aromatic carbocycles. The lowest BCUT2D eigenvalue weighted by atomic mass is 10.1. The molecule has 5 heteroatoms. The molecule has 5 nitrogen and oxygen atoms in total. The Kier molecular flexibility index (Phi) is 6.91. The number of hydrogen-bond donors (Lipinski definition) is 2. The summed E-state index contributed by atoms with van der Waals surface area (Å²) in [5.74, 6) is 0.932. The van der Waals surface area contributed by atoms with Gasteiger partial charge in [-0.2, -0.15) is 0 Å². The molecule has 0 saturated carbocycles. The number of aliphatic hydroxyl groups is 1. The Labute approximate surface area is 122 Å². The normalized spacial score (nSPS) is 11.7. The van der Waals surface area contributed by atoms with Gasteiger partial charge in [0, 0.05) is 45.0 Å². The number of likely N-dealkylation sites (N-methyl/N-ethyl adjacent to an activating group) is 1. The van der Waals surface area contributed by atoms with E-state index in [0.29, 0.717) is 13.2 Å². The molecule has 0 amide bonds. The predicted octanol–water partition coefficient (Wildman–Crippen LogP) is 1.41. The number of aromatic nitrogens is 1. The molecule has 20 heavy (non-hydrogen) atoms. The zero-order chi connectivity index (χ0) is 15.0. The number of ether oxygens (including phenoxy) is 1. The van der Waals surface area contributed by atoms with Crippen molar-refractivity contribution in [3.8, 4) is 0 Å². The Morgan fingerprint density at radius 2 is 2.20 bits per heavy atom. The van der Waals surface area contributed by atoms with E-state index < -0.39 is 5.60 Å². The number of nitrogens with zero attached hydrogens (tertiary/aromatic N) is 2. The SMILES string of the molecule is CCN(CC(C)(C)O)c1ncccc1CNCCOC. The summed E-state index contributed by atoms with van der Waals surface area (Å²) in [5.41, 5.74) is 0.392. The lowest BCUT2D eigenvalue weighted by molar-refractivity contribution is 0.0874. The highest BCUT2D eigenvalue weighted by Gasteiger charge is 2.20. The van der Waals surface area contributed by atoms with E-state index in [1.165, 1.54) is 0 Å². The van der Waals surface area contributed by atoms with Crippen molar-refractivity contribution < 1.29 is 9.84 Å². The summed E-state index contributed by atoms with van der Waals surface area (Å²) in [7, 11) is 1.69. The van der Waals surface area contributed by atoms with E-state index in [1.807, 2.05) is 19.9 Å². The molecule has 1 rings (SSSR count). The van der Waals surface area contributed by atoms with Gasteiger partial charge in [0.1, 0.15) is 5.82 Å². The fourth-order valence-electron chi connectivity index (χ4n) is 2.05. The predicted molar refractivity (Wildman–Crippen MR) is 82.0 cm³/mol. The molecule has 0 atom stereocenters. The zero-order valence-electron chi connectivity index (χ0n) is 13.0. The largest absolute Gasteiger partial charge is 0.389 e. The summed E-state index contributed by atoms with van der Waals surface area (Å²) in [6.45, 7) is 9.32. The standard InChI is InChI=1S/C15H27N3O2/c1-5-18(12-15(2,3)19)14-13(7-6-8-17-14)11-16-9-10-20-4/h6-8,16,19H,5,9-12H2,1-4H3. The Balaban J connectivity index is 2.76. The first-order valence-corrected chi connectivity index (χ1v) is 7.09. The second kappa shape index (κ2) is 8.19. The molecule has 0 saturated heterocycles. The fraction of sp³-hybridized carbons (Fsp3) is 0.667. The molecular weight excluding hydrogens is 254 g/mol. The van der Waals surface area contributed by atoms with Crippen LogP contribution in [0, 0.1) is 0 Å². The van der Waals surface area contributed by atoms with Crippen LogP contribution in [-0.2, 0) is 11.3 Å². The van der Waals surface area contributed by atoms with Crippen molar-refractivity contribution in [1.29, 1.82) is 0 Å². The molecule has 0 unspecified atom stereocenters. The summed E-state index contributed by atoms with van der Waals surface area (Å²) in [6, 6.07) is 4.00. The number of nitrogens with one attached hydrogen (secondary N) is 1. The van der Waals surface area contributed by atoms with Crippen molar-refractivity contribution in [2.75, 3.05) is 38.3 Å². The van der Waals surface area contributed by atoms with Gasteiger partial charge in [-0.15, -0.1) is 0 Å². The number of methoxy groups -OCH3 is 1. The number of hydrogen-bond acceptors (Lipinski definition) is 5.